The first-order chi connectivity index (χ1) is 9.67. The van der Waals surface area contributed by atoms with Crippen molar-refractivity contribution in [3.63, 3.8) is 0 Å². The standard InChI is InChI=1S/C16H21NO4/c1-10-5-6-11-8-13(14(18)19)17(9-12(11)7-10)15(20)21-16(2,3)4/h5-7,13H,8-9H2,1-4H3,(H,18,19). The topological polar surface area (TPSA) is 66.8 Å². The number of benzene rings is 1. The quantitative estimate of drug-likeness (QED) is 0.864. The van der Waals surface area contributed by atoms with Gasteiger partial charge in [-0.05, 0) is 38.8 Å². The first-order valence-electron chi connectivity index (χ1n) is 6.98. The fraction of sp³-hybridized carbons (Fsp3) is 0.500. The summed E-state index contributed by atoms with van der Waals surface area (Å²) in [6, 6.07) is 5.01. The van der Waals surface area contributed by atoms with E-state index in [-0.39, 0.29) is 6.54 Å². The summed E-state index contributed by atoms with van der Waals surface area (Å²) >= 11 is 0. The Morgan fingerprint density at radius 3 is 2.52 bits per heavy atom. The number of carbonyl (C=O) groups is 2. The van der Waals surface area contributed by atoms with Gasteiger partial charge in [0.1, 0.15) is 11.6 Å². The molecule has 0 aliphatic carbocycles. The predicted molar refractivity (Wildman–Crippen MR) is 78.1 cm³/mol. The molecule has 2 rings (SSSR count). The molecule has 0 radical (unpaired) electrons. The van der Waals surface area contributed by atoms with Crippen LogP contribution in [0.15, 0.2) is 18.2 Å². The van der Waals surface area contributed by atoms with Crippen molar-refractivity contribution in [2.45, 2.75) is 52.3 Å². The molecule has 1 aliphatic rings. The number of carboxylic acid groups (broad SMARTS) is 1. The minimum atomic E-state index is -1.01. The second-order valence-electron chi connectivity index (χ2n) is 6.44. The fourth-order valence-electron chi connectivity index (χ4n) is 2.45. The van der Waals surface area contributed by atoms with Crippen molar-refractivity contribution < 1.29 is 19.4 Å². The maximum Gasteiger partial charge on any atom is 0.411 e. The Morgan fingerprint density at radius 2 is 1.95 bits per heavy atom. The minimum absolute atomic E-state index is 0.267. The Kier molecular flexibility index (Phi) is 3.94. The average Bonchev–Trinajstić information content (AvgIpc) is 2.34. The van der Waals surface area contributed by atoms with Gasteiger partial charge >= 0.3 is 12.1 Å². The van der Waals surface area contributed by atoms with Gasteiger partial charge in [-0.15, -0.1) is 0 Å². The highest BCUT2D eigenvalue weighted by molar-refractivity contribution is 5.81. The molecule has 0 saturated heterocycles. The van der Waals surface area contributed by atoms with Gasteiger partial charge in [-0.25, -0.2) is 9.59 Å². The Labute approximate surface area is 124 Å². The number of carbonyl (C=O) groups excluding carboxylic acids is 1. The van der Waals surface area contributed by atoms with E-state index < -0.39 is 23.7 Å². The fourth-order valence-corrected chi connectivity index (χ4v) is 2.45. The van der Waals surface area contributed by atoms with E-state index in [1.54, 1.807) is 20.8 Å². The molecule has 1 aromatic carbocycles. The van der Waals surface area contributed by atoms with Crippen molar-refractivity contribution >= 4 is 12.1 Å². The molecule has 5 heteroatoms. The molecule has 5 nitrogen and oxygen atoms in total. The van der Waals surface area contributed by atoms with E-state index in [0.29, 0.717) is 6.42 Å². The van der Waals surface area contributed by atoms with Crippen LogP contribution in [0.2, 0.25) is 0 Å². The van der Waals surface area contributed by atoms with E-state index in [1.165, 1.54) is 4.90 Å². The zero-order valence-corrected chi connectivity index (χ0v) is 12.8. The van der Waals surface area contributed by atoms with Crippen LogP contribution in [0.3, 0.4) is 0 Å². The number of carboxylic acids is 1. The number of aryl methyl sites for hydroxylation is 1. The Balaban J connectivity index is 2.30. The van der Waals surface area contributed by atoms with Crippen LogP contribution in [-0.4, -0.2) is 33.7 Å². The molecule has 1 atom stereocenters. The van der Waals surface area contributed by atoms with Crippen molar-refractivity contribution in [1.29, 1.82) is 0 Å². The summed E-state index contributed by atoms with van der Waals surface area (Å²) < 4.78 is 5.33. The van der Waals surface area contributed by atoms with Crippen molar-refractivity contribution in [2.75, 3.05) is 0 Å². The maximum atomic E-state index is 12.3. The summed E-state index contributed by atoms with van der Waals surface area (Å²) in [6.07, 6.45) is -0.272. The molecule has 21 heavy (non-hydrogen) atoms. The molecule has 1 aliphatic heterocycles. The summed E-state index contributed by atoms with van der Waals surface area (Å²) in [5.74, 6) is -1.01. The molecular weight excluding hydrogens is 270 g/mol. The second-order valence-corrected chi connectivity index (χ2v) is 6.44. The molecule has 1 N–H and O–H groups in total. The molecule has 0 fully saturated rings. The molecular formula is C16H21NO4. The third-order valence-corrected chi connectivity index (χ3v) is 3.41. The number of aliphatic carboxylic acids is 1. The molecule has 1 heterocycles. The third-order valence-electron chi connectivity index (χ3n) is 3.41. The first-order valence-corrected chi connectivity index (χ1v) is 6.98. The van der Waals surface area contributed by atoms with Gasteiger partial charge in [0, 0.05) is 6.42 Å². The van der Waals surface area contributed by atoms with Crippen molar-refractivity contribution in [1.82, 2.24) is 4.90 Å². The molecule has 1 amide bonds. The lowest BCUT2D eigenvalue weighted by Gasteiger charge is -2.35. The summed E-state index contributed by atoms with van der Waals surface area (Å²) in [4.78, 5) is 25.0. The number of ether oxygens (including phenoxy) is 1. The lowest BCUT2D eigenvalue weighted by molar-refractivity contribution is -0.143. The molecule has 0 saturated carbocycles. The van der Waals surface area contributed by atoms with Crippen LogP contribution in [0.5, 0.6) is 0 Å². The van der Waals surface area contributed by atoms with Gasteiger partial charge in [0.2, 0.25) is 0 Å². The van der Waals surface area contributed by atoms with E-state index in [2.05, 4.69) is 0 Å². The zero-order chi connectivity index (χ0) is 15.8. The maximum absolute atomic E-state index is 12.3. The van der Waals surface area contributed by atoms with Crippen LogP contribution < -0.4 is 0 Å². The largest absolute Gasteiger partial charge is 0.480 e. The SMILES string of the molecule is Cc1ccc2c(c1)CN(C(=O)OC(C)(C)C)C(C(=O)O)C2. The average molecular weight is 291 g/mol. The molecule has 0 bridgehead atoms. The van der Waals surface area contributed by atoms with Gasteiger partial charge in [-0.1, -0.05) is 23.8 Å². The van der Waals surface area contributed by atoms with Crippen molar-refractivity contribution in [3.05, 3.63) is 34.9 Å². The molecule has 0 aromatic heterocycles. The van der Waals surface area contributed by atoms with Gasteiger partial charge in [0.15, 0.2) is 0 Å². The lowest BCUT2D eigenvalue weighted by atomic mass is 9.93. The summed E-state index contributed by atoms with van der Waals surface area (Å²) in [5.41, 5.74) is 2.41. The Bertz CT molecular complexity index is 574. The van der Waals surface area contributed by atoms with Crippen LogP contribution in [0, 0.1) is 6.92 Å². The van der Waals surface area contributed by atoms with Crippen LogP contribution in [0.25, 0.3) is 0 Å². The Morgan fingerprint density at radius 1 is 1.29 bits per heavy atom. The number of amides is 1. The Hall–Kier alpha value is -2.04. The van der Waals surface area contributed by atoms with Crippen molar-refractivity contribution in [2.24, 2.45) is 0 Å². The van der Waals surface area contributed by atoms with Crippen LogP contribution >= 0.6 is 0 Å². The summed E-state index contributed by atoms with van der Waals surface area (Å²) in [6.45, 7) is 7.54. The molecule has 0 spiro atoms. The molecule has 1 unspecified atom stereocenters. The lowest BCUT2D eigenvalue weighted by Crippen LogP contribution is -2.50. The van der Waals surface area contributed by atoms with E-state index >= 15 is 0 Å². The van der Waals surface area contributed by atoms with Gasteiger partial charge in [-0.3, -0.25) is 4.90 Å². The van der Waals surface area contributed by atoms with E-state index in [1.807, 2.05) is 25.1 Å². The number of hydrogen-bond donors (Lipinski definition) is 1. The van der Waals surface area contributed by atoms with E-state index in [9.17, 15) is 14.7 Å². The van der Waals surface area contributed by atoms with Crippen LogP contribution in [0.1, 0.15) is 37.5 Å². The summed E-state index contributed by atoms with van der Waals surface area (Å²) in [7, 11) is 0. The van der Waals surface area contributed by atoms with Gasteiger partial charge in [0.05, 0.1) is 6.54 Å². The van der Waals surface area contributed by atoms with Gasteiger partial charge < -0.3 is 9.84 Å². The molecule has 114 valence electrons. The van der Waals surface area contributed by atoms with Crippen LogP contribution in [0.4, 0.5) is 4.79 Å². The number of fused-ring (bicyclic) bond motifs is 1. The molecule has 1 aromatic rings. The normalized spacial score (nSPS) is 18.1. The second kappa shape index (κ2) is 5.39. The minimum Gasteiger partial charge on any atom is -0.480 e. The predicted octanol–water partition coefficient (Wildman–Crippen LogP) is 2.74. The van der Waals surface area contributed by atoms with E-state index in [4.69, 9.17) is 4.74 Å². The first kappa shape index (κ1) is 15.4. The van der Waals surface area contributed by atoms with Crippen LogP contribution in [-0.2, 0) is 22.5 Å². The monoisotopic (exact) mass is 291 g/mol. The number of nitrogens with zero attached hydrogens (tertiary/aromatic N) is 1. The van der Waals surface area contributed by atoms with Gasteiger partial charge in [0.25, 0.3) is 0 Å². The smallest absolute Gasteiger partial charge is 0.411 e. The highest BCUT2D eigenvalue weighted by atomic mass is 16.6. The zero-order valence-electron chi connectivity index (χ0n) is 12.8. The third kappa shape index (κ3) is 3.54. The number of hydrogen-bond acceptors (Lipinski definition) is 3. The van der Waals surface area contributed by atoms with Gasteiger partial charge in [-0.2, -0.15) is 0 Å². The highest BCUT2D eigenvalue weighted by Gasteiger charge is 2.36. The number of rotatable bonds is 1. The van der Waals surface area contributed by atoms with Crippen molar-refractivity contribution in [3.8, 4) is 0 Å². The highest BCUT2D eigenvalue weighted by Crippen LogP contribution is 2.26. The summed E-state index contributed by atoms with van der Waals surface area (Å²) in [5, 5.41) is 9.39. The van der Waals surface area contributed by atoms with E-state index in [0.717, 1.165) is 16.7 Å².